The molecule has 1 unspecified atom stereocenters. The summed E-state index contributed by atoms with van der Waals surface area (Å²) in [7, 11) is 0. The first-order valence-electron chi connectivity index (χ1n) is 4.84. The van der Waals surface area contributed by atoms with E-state index in [0.717, 1.165) is 17.2 Å². The predicted octanol–water partition coefficient (Wildman–Crippen LogP) is 2.00. The van der Waals surface area contributed by atoms with E-state index in [1.165, 1.54) is 6.07 Å². The summed E-state index contributed by atoms with van der Waals surface area (Å²) in [5.74, 6) is 0. The van der Waals surface area contributed by atoms with Gasteiger partial charge in [0.25, 0.3) is 0 Å². The molecule has 0 bridgehead atoms. The van der Waals surface area contributed by atoms with Crippen molar-refractivity contribution >= 4 is 0 Å². The molecule has 2 N–H and O–H groups in total. The van der Waals surface area contributed by atoms with Gasteiger partial charge in [0, 0.05) is 13.1 Å². The average molecular weight is 232 g/mol. The fourth-order valence-electron chi connectivity index (χ4n) is 1.73. The fourth-order valence-corrected chi connectivity index (χ4v) is 1.73. The molecule has 1 aliphatic rings. The standard InChI is InChI=1S/C10H11F3N2O/c11-10(12,13)8-3-1-2-7(6-8)9-14-4-5-15(9)16/h1-3,6,9,14,16H,4-5H2. The number of nitrogens with zero attached hydrogens (tertiary/aromatic N) is 1. The summed E-state index contributed by atoms with van der Waals surface area (Å²) in [5.41, 5.74) is -0.290. The zero-order chi connectivity index (χ0) is 11.8. The zero-order valence-corrected chi connectivity index (χ0v) is 8.33. The maximum atomic E-state index is 12.5. The third kappa shape index (κ3) is 2.18. The Morgan fingerprint density at radius 2 is 2.12 bits per heavy atom. The second-order valence-electron chi connectivity index (χ2n) is 3.64. The van der Waals surface area contributed by atoms with Crippen LogP contribution in [0.25, 0.3) is 0 Å². The SMILES string of the molecule is ON1CCNC1c1cccc(C(F)(F)F)c1. The van der Waals surface area contributed by atoms with Crippen LogP contribution in [0.2, 0.25) is 0 Å². The number of hydrogen-bond acceptors (Lipinski definition) is 3. The van der Waals surface area contributed by atoms with Crippen molar-refractivity contribution in [2.45, 2.75) is 12.3 Å². The van der Waals surface area contributed by atoms with Crippen LogP contribution in [-0.4, -0.2) is 23.4 Å². The molecule has 1 aromatic rings. The first-order valence-corrected chi connectivity index (χ1v) is 4.84. The molecule has 0 amide bonds. The van der Waals surface area contributed by atoms with E-state index in [1.54, 1.807) is 6.07 Å². The molecule has 0 spiro atoms. The predicted molar refractivity (Wildman–Crippen MR) is 50.7 cm³/mol. The van der Waals surface area contributed by atoms with Crippen molar-refractivity contribution in [3.05, 3.63) is 35.4 Å². The van der Waals surface area contributed by atoms with Gasteiger partial charge in [0.15, 0.2) is 0 Å². The largest absolute Gasteiger partial charge is 0.416 e. The lowest BCUT2D eigenvalue weighted by Gasteiger charge is -2.18. The molecule has 1 saturated heterocycles. The highest BCUT2D eigenvalue weighted by Crippen LogP contribution is 2.31. The second kappa shape index (κ2) is 4.04. The van der Waals surface area contributed by atoms with Crippen LogP contribution in [0.4, 0.5) is 13.2 Å². The molecule has 0 radical (unpaired) electrons. The van der Waals surface area contributed by atoms with E-state index in [4.69, 9.17) is 0 Å². The molecular weight excluding hydrogens is 221 g/mol. The monoisotopic (exact) mass is 232 g/mol. The van der Waals surface area contributed by atoms with Gasteiger partial charge in [-0.25, -0.2) is 0 Å². The number of hydroxylamine groups is 2. The molecule has 0 aromatic heterocycles. The van der Waals surface area contributed by atoms with Crippen LogP contribution < -0.4 is 5.32 Å². The van der Waals surface area contributed by atoms with Crippen LogP contribution in [0, 0.1) is 0 Å². The van der Waals surface area contributed by atoms with Gasteiger partial charge in [0.1, 0.15) is 6.17 Å². The third-order valence-corrected chi connectivity index (χ3v) is 2.51. The van der Waals surface area contributed by atoms with Crippen molar-refractivity contribution in [3.8, 4) is 0 Å². The molecule has 3 nitrogen and oxygen atoms in total. The van der Waals surface area contributed by atoms with Crippen molar-refractivity contribution < 1.29 is 18.4 Å². The highest BCUT2D eigenvalue weighted by Gasteiger charge is 2.32. The Balaban J connectivity index is 2.29. The Morgan fingerprint density at radius 1 is 1.38 bits per heavy atom. The lowest BCUT2D eigenvalue weighted by Crippen LogP contribution is -2.24. The van der Waals surface area contributed by atoms with Gasteiger partial charge in [0.2, 0.25) is 0 Å². The topological polar surface area (TPSA) is 35.5 Å². The first kappa shape index (κ1) is 11.4. The molecule has 1 fully saturated rings. The number of alkyl halides is 3. The number of halogens is 3. The van der Waals surface area contributed by atoms with Crippen LogP contribution in [0.15, 0.2) is 24.3 Å². The van der Waals surface area contributed by atoms with E-state index in [2.05, 4.69) is 5.32 Å². The van der Waals surface area contributed by atoms with Crippen LogP contribution in [0.1, 0.15) is 17.3 Å². The highest BCUT2D eigenvalue weighted by atomic mass is 19.4. The maximum Gasteiger partial charge on any atom is 0.416 e. The quantitative estimate of drug-likeness (QED) is 0.777. The van der Waals surface area contributed by atoms with E-state index in [0.29, 0.717) is 18.7 Å². The molecule has 16 heavy (non-hydrogen) atoms. The molecule has 1 aliphatic heterocycles. The summed E-state index contributed by atoms with van der Waals surface area (Å²) < 4.78 is 37.4. The highest BCUT2D eigenvalue weighted by molar-refractivity contribution is 5.28. The lowest BCUT2D eigenvalue weighted by molar-refractivity contribution is -0.138. The zero-order valence-electron chi connectivity index (χ0n) is 8.33. The third-order valence-electron chi connectivity index (χ3n) is 2.51. The van der Waals surface area contributed by atoms with Gasteiger partial charge < -0.3 is 5.21 Å². The minimum atomic E-state index is -4.35. The van der Waals surface area contributed by atoms with Crippen LogP contribution in [0.3, 0.4) is 0 Å². The molecule has 2 rings (SSSR count). The van der Waals surface area contributed by atoms with Gasteiger partial charge in [-0.15, -0.1) is 0 Å². The Labute approximate surface area is 90.4 Å². The van der Waals surface area contributed by atoms with Crippen LogP contribution in [0.5, 0.6) is 0 Å². The van der Waals surface area contributed by atoms with Gasteiger partial charge in [-0.3, -0.25) is 5.32 Å². The number of nitrogens with one attached hydrogen (secondary N) is 1. The first-order chi connectivity index (χ1) is 7.48. The molecule has 0 aliphatic carbocycles. The summed E-state index contributed by atoms with van der Waals surface area (Å²) in [5, 5.41) is 13.3. The summed E-state index contributed by atoms with van der Waals surface area (Å²) in [4.78, 5) is 0. The van der Waals surface area contributed by atoms with Crippen molar-refractivity contribution in [2.24, 2.45) is 0 Å². The van der Waals surface area contributed by atoms with E-state index in [1.807, 2.05) is 0 Å². The van der Waals surface area contributed by atoms with E-state index in [9.17, 15) is 18.4 Å². The molecule has 1 heterocycles. The van der Waals surface area contributed by atoms with Gasteiger partial charge in [0.05, 0.1) is 5.56 Å². The average Bonchev–Trinajstić information content (AvgIpc) is 2.63. The van der Waals surface area contributed by atoms with Gasteiger partial charge in [-0.05, 0) is 17.7 Å². The Kier molecular flexibility index (Phi) is 2.88. The minimum Gasteiger partial charge on any atom is -0.312 e. The smallest absolute Gasteiger partial charge is 0.312 e. The van der Waals surface area contributed by atoms with Crippen LogP contribution in [-0.2, 0) is 6.18 Å². The van der Waals surface area contributed by atoms with E-state index < -0.39 is 17.9 Å². The summed E-state index contributed by atoms with van der Waals surface area (Å²) in [6, 6.07) is 4.96. The van der Waals surface area contributed by atoms with Crippen LogP contribution >= 0.6 is 0 Å². The van der Waals surface area contributed by atoms with Crippen molar-refractivity contribution in [1.82, 2.24) is 10.4 Å². The summed E-state index contributed by atoms with van der Waals surface area (Å²) in [6.07, 6.45) is -4.91. The molecule has 1 atom stereocenters. The summed E-state index contributed by atoms with van der Waals surface area (Å²) >= 11 is 0. The Bertz CT molecular complexity index is 381. The Morgan fingerprint density at radius 3 is 2.69 bits per heavy atom. The van der Waals surface area contributed by atoms with Gasteiger partial charge in [-0.2, -0.15) is 18.2 Å². The minimum absolute atomic E-state index is 0.404. The fraction of sp³-hybridized carbons (Fsp3) is 0.400. The van der Waals surface area contributed by atoms with Crippen molar-refractivity contribution in [2.75, 3.05) is 13.1 Å². The number of benzene rings is 1. The summed E-state index contributed by atoms with van der Waals surface area (Å²) in [6.45, 7) is 0.957. The molecule has 0 saturated carbocycles. The normalized spacial score (nSPS) is 22.6. The lowest BCUT2D eigenvalue weighted by atomic mass is 10.1. The number of rotatable bonds is 1. The van der Waals surface area contributed by atoms with Gasteiger partial charge >= 0.3 is 6.18 Å². The molecule has 88 valence electrons. The maximum absolute atomic E-state index is 12.5. The van der Waals surface area contributed by atoms with Crippen molar-refractivity contribution in [1.29, 1.82) is 0 Å². The second-order valence-corrected chi connectivity index (χ2v) is 3.64. The molecule has 1 aromatic carbocycles. The van der Waals surface area contributed by atoms with E-state index in [-0.39, 0.29) is 0 Å². The Hall–Kier alpha value is -1.11. The number of hydrogen-bond donors (Lipinski definition) is 2. The van der Waals surface area contributed by atoms with Crippen molar-refractivity contribution in [3.63, 3.8) is 0 Å². The molecular formula is C10H11F3N2O. The molecule has 6 heteroatoms. The van der Waals surface area contributed by atoms with Gasteiger partial charge in [-0.1, -0.05) is 12.1 Å². The van der Waals surface area contributed by atoms with E-state index >= 15 is 0 Å².